The molecule has 9 rings (SSSR count). The summed E-state index contributed by atoms with van der Waals surface area (Å²) in [7, 11) is 0. The predicted octanol–water partition coefficient (Wildman–Crippen LogP) is 11.7. The number of nitrogens with zero attached hydrogens (tertiary/aromatic N) is 3. The zero-order chi connectivity index (χ0) is 31.2. The van der Waals surface area contributed by atoms with Crippen LogP contribution in [0.1, 0.15) is 0 Å². The molecule has 3 nitrogen and oxygen atoms in total. The first-order chi connectivity index (χ1) is 23.3. The van der Waals surface area contributed by atoms with Crippen LogP contribution in [0.3, 0.4) is 0 Å². The number of fused-ring (bicyclic) bond motifs is 3. The third-order valence-corrected chi connectivity index (χ3v) is 9.16. The highest BCUT2D eigenvalue weighted by molar-refractivity contribution is 6.18. The van der Waals surface area contributed by atoms with Gasteiger partial charge in [0, 0.05) is 40.6 Å². The second-order valence-corrected chi connectivity index (χ2v) is 11.8. The Morgan fingerprint density at radius 3 is 1.28 bits per heavy atom. The second-order valence-electron chi connectivity index (χ2n) is 11.8. The summed E-state index contributed by atoms with van der Waals surface area (Å²) in [6, 6.07) is 58.2. The molecule has 1 aliphatic rings. The third kappa shape index (κ3) is 4.68. The first-order valence-electron chi connectivity index (χ1n) is 15.9. The Kier molecular flexibility index (Phi) is 6.46. The molecule has 0 atom stereocenters. The summed E-state index contributed by atoms with van der Waals surface area (Å²) in [5.41, 5.74) is 15.1. The van der Waals surface area contributed by atoms with Gasteiger partial charge in [0.15, 0.2) is 0 Å². The first-order valence-corrected chi connectivity index (χ1v) is 15.9. The van der Waals surface area contributed by atoms with E-state index in [0.717, 1.165) is 39.6 Å². The molecule has 2 aromatic heterocycles. The van der Waals surface area contributed by atoms with E-state index >= 15 is 0 Å². The van der Waals surface area contributed by atoms with Crippen LogP contribution in [0.2, 0.25) is 0 Å². The van der Waals surface area contributed by atoms with E-state index in [-0.39, 0.29) is 0 Å². The molecule has 1 aliphatic carbocycles. The maximum absolute atomic E-state index is 4.55. The van der Waals surface area contributed by atoms with Gasteiger partial charge >= 0.3 is 0 Å². The van der Waals surface area contributed by atoms with Gasteiger partial charge in [0.2, 0.25) is 0 Å². The Hall–Kier alpha value is -6.32. The van der Waals surface area contributed by atoms with Gasteiger partial charge in [-0.05, 0) is 105 Å². The largest absolute Gasteiger partial charge is 0.311 e. The van der Waals surface area contributed by atoms with E-state index in [1.165, 1.54) is 44.2 Å². The number of aromatic nitrogens is 2. The van der Waals surface area contributed by atoms with Gasteiger partial charge < -0.3 is 4.90 Å². The molecule has 0 bridgehead atoms. The molecule has 0 aliphatic heterocycles. The summed E-state index contributed by atoms with van der Waals surface area (Å²) in [5.74, 6) is 0. The van der Waals surface area contributed by atoms with Crippen LogP contribution in [-0.4, -0.2) is 9.97 Å². The molecule has 0 unspecified atom stereocenters. The standard InChI is InChI=1S/C44H29N3/c1-2-9-38-37(8-1)40-11-7-10-39-36(26-27-41(38)44(39)40)30-14-20-33(21-15-30)47(34-22-16-31(17-23-34)42-12-3-5-28-45-42)35-24-18-32(19-25-35)43-13-4-6-29-46-43/h1-29H. The average molecular weight is 600 g/mol. The first kappa shape index (κ1) is 27.0. The van der Waals surface area contributed by atoms with Crippen molar-refractivity contribution in [3.63, 3.8) is 0 Å². The van der Waals surface area contributed by atoms with Gasteiger partial charge in [-0.2, -0.15) is 0 Å². The fourth-order valence-electron chi connectivity index (χ4n) is 6.93. The third-order valence-electron chi connectivity index (χ3n) is 9.16. The lowest BCUT2D eigenvalue weighted by atomic mass is 9.94. The lowest BCUT2D eigenvalue weighted by molar-refractivity contribution is 1.27. The number of rotatable bonds is 6. The van der Waals surface area contributed by atoms with Crippen LogP contribution in [0.15, 0.2) is 176 Å². The molecule has 0 saturated carbocycles. The zero-order valence-corrected chi connectivity index (χ0v) is 25.6. The van der Waals surface area contributed by atoms with E-state index in [4.69, 9.17) is 0 Å². The lowest BCUT2D eigenvalue weighted by Gasteiger charge is -2.26. The van der Waals surface area contributed by atoms with Gasteiger partial charge in [-0.15, -0.1) is 0 Å². The van der Waals surface area contributed by atoms with Crippen LogP contribution in [0, 0.1) is 0 Å². The minimum absolute atomic E-state index is 0.961. The minimum atomic E-state index is 0.961. The highest BCUT2D eigenvalue weighted by Crippen LogP contribution is 2.49. The normalized spacial score (nSPS) is 11.4. The SMILES string of the molecule is c1ccc(-c2ccc(N(c3ccc(-c4ccccn4)cc3)c3ccc(-c4ccc5c6c(cccc46)-c4ccccc4-5)cc3)cc2)nc1. The minimum Gasteiger partial charge on any atom is -0.311 e. The molecule has 6 aromatic carbocycles. The van der Waals surface area contributed by atoms with Gasteiger partial charge in [-0.25, -0.2) is 0 Å². The molecule has 0 saturated heterocycles. The van der Waals surface area contributed by atoms with Crippen molar-refractivity contribution < 1.29 is 0 Å². The lowest BCUT2D eigenvalue weighted by Crippen LogP contribution is -2.09. The van der Waals surface area contributed by atoms with Crippen molar-refractivity contribution in [3.05, 3.63) is 176 Å². The highest BCUT2D eigenvalue weighted by Gasteiger charge is 2.22. The number of benzene rings is 6. The molecule has 0 spiro atoms. The van der Waals surface area contributed by atoms with Gasteiger partial charge in [-0.1, -0.05) is 103 Å². The van der Waals surface area contributed by atoms with Crippen LogP contribution < -0.4 is 4.90 Å². The highest BCUT2D eigenvalue weighted by atomic mass is 15.1. The number of anilines is 3. The van der Waals surface area contributed by atoms with Gasteiger partial charge in [0.1, 0.15) is 0 Å². The Labute approximate surface area is 274 Å². The van der Waals surface area contributed by atoms with Crippen LogP contribution in [0.25, 0.3) is 66.7 Å². The zero-order valence-electron chi connectivity index (χ0n) is 25.6. The molecule has 47 heavy (non-hydrogen) atoms. The van der Waals surface area contributed by atoms with Crippen molar-refractivity contribution in [2.45, 2.75) is 0 Å². The van der Waals surface area contributed by atoms with Gasteiger partial charge in [0.05, 0.1) is 11.4 Å². The van der Waals surface area contributed by atoms with Crippen molar-refractivity contribution in [2.75, 3.05) is 4.90 Å². The van der Waals surface area contributed by atoms with E-state index in [2.05, 4.69) is 142 Å². The van der Waals surface area contributed by atoms with Crippen LogP contribution in [0.4, 0.5) is 17.1 Å². The van der Waals surface area contributed by atoms with E-state index in [9.17, 15) is 0 Å². The van der Waals surface area contributed by atoms with Crippen molar-refractivity contribution in [2.24, 2.45) is 0 Å². The molecule has 0 radical (unpaired) electrons. The van der Waals surface area contributed by atoms with Crippen LogP contribution >= 0.6 is 0 Å². The molecule has 3 heteroatoms. The molecular formula is C44H29N3. The maximum atomic E-state index is 4.55. The molecular weight excluding hydrogens is 571 g/mol. The summed E-state index contributed by atoms with van der Waals surface area (Å²) in [6.45, 7) is 0. The quantitative estimate of drug-likeness (QED) is 0.190. The molecule has 220 valence electrons. The van der Waals surface area contributed by atoms with Crippen molar-refractivity contribution >= 4 is 27.8 Å². The van der Waals surface area contributed by atoms with Gasteiger partial charge in [-0.3, -0.25) is 9.97 Å². The number of hydrogen-bond acceptors (Lipinski definition) is 3. The summed E-state index contributed by atoms with van der Waals surface area (Å²) >= 11 is 0. The van der Waals surface area contributed by atoms with E-state index in [1.54, 1.807) is 0 Å². The summed E-state index contributed by atoms with van der Waals surface area (Å²) in [5, 5.41) is 2.63. The average Bonchev–Trinajstić information content (AvgIpc) is 3.48. The molecule has 0 fully saturated rings. The Bertz CT molecular complexity index is 2250. The second kappa shape index (κ2) is 11.2. The molecule has 2 heterocycles. The van der Waals surface area contributed by atoms with Crippen LogP contribution in [-0.2, 0) is 0 Å². The van der Waals surface area contributed by atoms with E-state index in [0.29, 0.717) is 0 Å². The summed E-state index contributed by atoms with van der Waals surface area (Å²) in [4.78, 5) is 11.4. The Morgan fingerprint density at radius 2 is 0.766 bits per heavy atom. The fourth-order valence-corrected chi connectivity index (χ4v) is 6.93. The Morgan fingerprint density at radius 1 is 0.319 bits per heavy atom. The number of hydrogen-bond donors (Lipinski definition) is 0. The van der Waals surface area contributed by atoms with Gasteiger partial charge in [0.25, 0.3) is 0 Å². The smallest absolute Gasteiger partial charge is 0.0701 e. The molecule has 0 amide bonds. The van der Waals surface area contributed by atoms with Crippen molar-refractivity contribution in [1.82, 2.24) is 9.97 Å². The monoisotopic (exact) mass is 599 g/mol. The van der Waals surface area contributed by atoms with E-state index < -0.39 is 0 Å². The number of pyridine rings is 2. The fraction of sp³-hybridized carbons (Fsp3) is 0. The Balaban J connectivity index is 1.12. The van der Waals surface area contributed by atoms with Crippen molar-refractivity contribution in [3.8, 4) is 55.9 Å². The topological polar surface area (TPSA) is 29.0 Å². The summed E-state index contributed by atoms with van der Waals surface area (Å²) < 4.78 is 0. The van der Waals surface area contributed by atoms with E-state index in [1.807, 2.05) is 48.8 Å². The summed E-state index contributed by atoms with van der Waals surface area (Å²) in [6.07, 6.45) is 3.67. The van der Waals surface area contributed by atoms with Crippen LogP contribution in [0.5, 0.6) is 0 Å². The molecule has 0 N–H and O–H groups in total. The molecule has 8 aromatic rings. The predicted molar refractivity (Wildman–Crippen MR) is 195 cm³/mol. The maximum Gasteiger partial charge on any atom is 0.0701 e. The van der Waals surface area contributed by atoms with Crippen molar-refractivity contribution in [1.29, 1.82) is 0 Å².